The van der Waals surface area contributed by atoms with Crippen LogP contribution in [0.2, 0.25) is 0 Å². The van der Waals surface area contributed by atoms with E-state index in [0.717, 1.165) is 41.1 Å². The first-order chi connectivity index (χ1) is 14.8. The van der Waals surface area contributed by atoms with E-state index in [4.69, 9.17) is 4.74 Å². The maximum atomic E-state index is 14.0. The van der Waals surface area contributed by atoms with E-state index >= 15 is 0 Å². The molecule has 7 nitrogen and oxygen atoms in total. The molecule has 1 N–H and O–H groups in total. The molecule has 1 aliphatic heterocycles. The van der Waals surface area contributed by atoms with E-state index in [-0.39, 0.29) is 5.82 Å². The Balaban J connectivity index is 1.48. The smallest absolute Gasteiger partial charge is 0.146 e. The average molecular weight is 402 g/mol. The topological polar surface area (TPSA) is 76.1 Å². The molecule has 0 unspecified atom stereocenters. The van der Waals surface area contributed by atoms with Crippen molar-refractivity contribution in [2.24, 2.45) is 0 Å². The van der Waals surface area contributed by atoms with E-state index in [1.807, 2.05) is 24.3 Å². The molecule has 0 spiro atoms. The molecular formula is C22H19FN6O. The standard InChI is InChI=1S/C22H19FN6O/c23-17-3-1-2-4-18(17)28-22-16-6-5-15(11-20(16)25-14-27-22)19-12-21(26-13-24-19)29-7-9-30-10-8-29/h1-6,11-14H,7-10H2,(H,25,27,28). The minimum Gasteiger partial charge on any atom is -0.378 e. The first kappa shape index (κ1) is 18.4. The van der Waals surface area contributed by atoms with Crippen molar-refractivity contribution in [1.29, 1.82) is 0 Å². The molecule has 1 aliphatic rings. The maximum Gasteiger partial charge on any atom is 0.146 e. The van der Waals surface area contributed by atoms with Gasteiger partial charge in [0.2, 0.25) is 0 Å². The molecular weight excluding hydrogens is 383 g/mol. The fourth-order valence-corrected chi connectivity index (χ4v) is 3.48. The van der Waals surface area contributed by atoms with Crippen LogP contribution in [0.4, 0.5) is 21.7 Å². The number of ether oxygens (including phenoxy) is 1. The van der Waals surface area contributed by atoms with Crippen LogP contribution >= 0.6 is 0 Å². The third-order valence-electron chi connectivity index (χ3n) is 5.05. The largest absolute Gasteiger partial charge is 0.378 e. The number of benzene rings is 2. The van der Waals surface area contributed by atoms with Gasteiger partial charge < -0.3 is 15.0 Å². The van der Waals surface area contributed by atoms with Crippen molar-refractivity contribution in [3.63, 3.8) is 0 Å². The van der Waals surface area contributed by atoms with Gasteiger partial charge in [-0.3, -0.25) is 0 Å². The Morgan fingerprint density at radius 1 is 0.900 bits per heavy atom. The summed E-state index contributed by atoms with van der Waals surface area (Å²) >= 11 is 0. The second-order valence-electron chi connectivity index (χ2n) is 6.92. The first-order valence-corrected chi connectivity index (χ1v) is 9.69. The summed E-state index contributed by atoms with van der Waals surface area (Å²) in [7, 11) is 0. The van der Waals surface area contributed by atoms with Crippen LogP contribution in [0.15, 0.2) is 61.2 Å². The van der Waals surface area contributed by atoms with Gasteiger partial charge in [-0.25, -0.2) is 24.3 Å². The summed E-state index contributed by atoms with van der Waals surface area (Å²) in [5.74, 6) is 1.10. The van der Waals surface area contributed by atoms with Gasteiger partial charge in [0.15, 0.2) is 0 Å². The number of morpholine rings is 1. The molecule has 3 heterocycles. The van der Waals surface area contributed by atoms with Crippen LogP contribution in [0.1, 0.15) is 0 Å². The zero-order valence-electron chi connectivity index (χ0n) is 16.1. The van der Waals surface area contributed by atoms with Crippen LogP contribution in [-0.2, 0) is 4.74 Å². The van der Waals surface area contributed by atoms with Gasteiger partial charge >= 0.3 is 0 Å². The minimum atomic E-state index is -0.336. The molecule has 8 heteroatoms. The molecule has 5 rings (SSSR count). The number of aromatic nitrogens is 4. The molecule has 2 aromatic heterocycles. The number of nitrogens with one attached hydrogen (secondary N) is 1. The first-order valence-electron chi connectivity index (χ1n) is 9.69. The summed E-state index contributed by atoms with van der Waals surface area (Å²) in [5, 5.41) is 3.85. The maximum absolute atomic E-state index is 14.0. The third-order valence-corrected chi connectivity index (χ3v) is 5.05. The molecule has 2 aromatic carbocycles. The van der Waals surface area contributed by atoms with Crippen LogP contribution in [0, 0.1) is 5.82 Å². The number of hydrogen-bond donors (Lipinski definition) is 1. The van der Waals surface area contributed by atoms with Gasteiger partial charge in [-0.15, -0.1) is 0 Å². The summed E-state index contributed by atoms with van der Waals surface area (Å²) < 4.78 is 19.4. The zero-order valence-corrected chi connectivity index (χ0v) is 16.1. The Hall–Kier alpha value is -3.65. The van der Waals surface area contributed by atoms with Gasteiger partial charge in [-0.2, -0.15) is 0 Å². The van der Waals surface area contributed by atoms with E-state index < -0.39 is 0 Å². The van der Waals surface area contributed by atoms with Crippen LogP contribution < -0.4 is 10.2 Å². The summed E-state index contributed by atoms with van der Waals surface area (Å²) in [4.78, 5) is 19.7. The monoisotopic (exact) mass is 402 g/mol. The Labute approximate surface area is 172 Å². The lowest BCUT2D eigenvalue weighted by atomic mass is 10.1. The highest BCUT2D eigenvalue weighted by Gasteiger charge is 2.14. The highest BCUT2D eigenvalue weighted by atomic mass is 19.1. The molecule has 0 radical (unpaired) electrons. The lowest BCUT2D eigenvalue weighted by Crippen LogP contribution is -2.36. The van der Waals surface area contributed by atoms with Crippen molar-refractivity contribution in [3.8, 4) is 11.3 Å². The number of para-hydroxylation sites is 1. The van der Waals surface area contributed by atoms with Crippen LogP contribution in [0.3, 0.4) is 0 Å². The van der Waals surface area contributed by atoms with E-state index in [1.165, 1.54) is 12.4 Å². The Bertz CT molecular complexity index is 1200. The molecule has 150 valence electrons. The van der Waals surface area contributed by atoms with Gasteiger partial charge in [-0.1, -0.05) is 18.2 Å². The molecule has 0 aliphatic carbocycles. The Kier molecular flexibility index (Phi) is 4.90. The van der Waals surface area contributed by atoms with Gasteiger partial charge in [0.25, 0.3) is 0 Å². The lowest BCUT2D eigenvalue weighted by Gasteiger charge is -2.27. The Morgan fingerprint density at radius 2 is 1.73 bits per heavy atom. The highest BCUT2D eigenvalue weighted by molar-refractivity contribution is 5.93. The van der Waals surface area contributed by atoms with Crippen molar-refractivity contribution >= 4 is 28.2 Å². The van der Waals surface area contributed by atoms with Gasteiger partial charge in [-0.05, 0) is 24.3 Å². The van der Waals surface area contributed by atoms with E-state index in [1.54, 1.807) is 24.5 Å². The van der Waals surface area contributed by atoms with Crippen molar-refractivity contribution < 1.29 is 9.13 Å². The molecule has 0 amide bonds. The quantitative estimate of drug-likeness (QED) is 0.556. The second-order valence-corrected chi connectivity index (χ2v) is 6.92. The SMILES string of the molecule is Fc1ccccc1Nc1ncnc2cc(-c3cc(N4CCOCC4)ncn3)ccc12. The van der Waals surface area contributed by atoms with Crippen LogP contribution in [0.5, 0.6) is 0 Å². The number of fused-ring (bicyclic) bond motifs is 1. The van der Waals surface area contributed by atoms with Crippen molar-refractivity contribution in [1.82, 2.24) is 19.9 Å². The lowest BCUT2D eigenvalue weighted by molar-refractivity contribution is 0.122. The zero-order chi connectivity index (χ0) is 20.3. The number of hydrogen-bond acceptors (Lipinski definition) is 7. The highest BCUT2D eigenvalue weighted by Crippen LogP contribution is 2.29. The average Bonchev–Trinajstić information content (AvgIpc) is 2.81. The molecule has 0 atom stereocenters. The van der Waals surface area contributed by atoms with Crippen molar-refractivity contribution in [2.75, 3.05) is 36.5 Å². The number of anilines is 3. The van der Waals surface area contributed by atoms with E-state index in [0.29, 0.717) is 24.7 Å². The van der Waals surface area contributed by atoms with Crippen molar-refractivity contribution in [3.05, 3.63) is 67.0 Å². The molecule has 0 saturated carbocycles. The minimum absolute atomic E-state index is 0.336. The van der Waals surface area contributed by atoms with Crippen LogP contribution in [0.25, 0.3) is 22.2 Å². The summed E-state index contributed by atoms with van der Waals surface area (Å²) in [6.07, 6.45) is 3.05. The van der Waals surface area contributed by atoms with Gasteiger partial charge in [0.1, 0.15) is 30.1 Å². The van der Waals surface area contributed by atoms with Gasteiger partial charge in [0.05, 0.1) is 30.1 Å². The van der Waals surface area contributed by atoms with Crippen molar-refractivity contribution in [2.45, 2.75) is 0 Å². The van der Waals surface area contributed by atoms with Gasteiger partial charge in [0, 0.05) is 30.1 Å². The Morgan fingerprint density at radius 3 is 2.60 bits per heavy atom. The molecule has 1 saturated heterocycles. The summed E-state index contributed by atoms with van der Waals surface area (Å²) in [5.41, 5.74) is 2.85. The fraction of sp³-hybridized carbons (Fsp3) is 0.182. The summed E-state index contributed by atoms with van der Waals surface area (Å²) in [6.45, 7) is 3.02. The predicted molar refractivity (Wildman–Crippen MR) is 113 cm³/mol. The predicted octanol–water partition coefficient (Wildman–Crippen LogP) is 3.81. The van der Waals surface area contributed by atoms with E-state index in [2.05, 4.69) is 30.2 Å². The molecule has 4 aromatic rings. The summed E-state index contributed by atoms with van der Waals surface area (Å²) in [6, 6.07) is 14.3. The third kappa shape index (κ3) is 3.65. The fourth-order valence-electron chi connectivity index (χ4n) is 3.48. The normalized spacial score (nSPS) is 14.1. The molecule has 0 bridgehead atoms. The van der Waals surface area contributed by atoms with Crippen LogP contribution in [-0.4, -0.2) is 46.2 Å². The second kappa shape index (κ2) is 8.00. The van der Waals surface area contributed by atoms with E-state index in [9.17, 15) is 4.39 Å². The number of halogens is 1. The number of rotatable bonds is 4. The number of nitrogens with zero attached hydrogens (tertiary/aromatic N) is 5. The molecule has 30 heavy (non-hydrogen) atoms. The molecule has 1 fully saturated rings.